The van der Waals surface area contributed by atoms with Gasteiger partial charge in [0, 0.05) is 6.42 Å². The molecule has 0 saturated heterocycles. The summed E-state index contributed by atoms with van der Waals surface area (Å²) in [5.74, 6) is 3.21. The standard InChI is InChI=1S/C21H32O2/c1-13(22)17-6-7-18-16-5-4-14-12-15(23)8-10-20(14,2)19(16)9-11-21(17,18)3/h12-13,16-19,22H,4-11H2,1-3H3/t13-,16+,17-,18+,19-,20-,21-/m1/s1. The van der Waals surface area contributed by atoms with Gasteiger partial charge < -0.3 is 5.11 Å². The molecule has 2 heteroatoms. The summed E-state index contributed by atoms with van der Waals surface area (Å²) in [6, 6.07) is 0. The molecule has 0 unspecified atom stereocenters. The Morgan fingerprint density at radius 2 is 1.87 bits per heavy atom. The summed E-state index contributed by atoms with van der Waals surface area (Å²) in [5, 5.41) is 10.3. The van der Waals surface area contributed by atoms with Crippen LogP contribution in [0.15, 0.2) is 11.6 Å². The van der Waals surface area contributed by atoms with Gasteiger partial charge in [0.2, 0.25) is 0 Å². The first-order valence-electron chi connectivity index (χ1n) is 9.78. The summed E-state index contributed by atoms with van der Waals surface area (Å²) >= 11 is 0. The fraction of sp³-hybridized carbons (Fsp3) is 0.857. The summed E-state index contributed by atoms with van der Waals surface area (Å²) in [6.07, 6.45) is 11.1. The lowest BCUT2D eigenvalue weighted by Crippen LogP contribution is -2.51. The van der Waals surface area contributed by atoms with Gasteiger partial charge in [-0.1, -0.05) is 19.4 Å². The lowest BCUT2D eigenvalue weighted by Gasteiger charge is -2.58. The summed E-state index contributed by atoms with van der Waals surface area (Å²) in [7, 11) is 0. The topological polar surface area (TPSA) is 37.3 Å². The molecule has 0 radical (unpaired) electrons. The molecule has 0 bridgehead atoms. The number of rotatable bonds is 1. The van der Waals surface area contributed by atoms with Crippen molar-refractivity contribution >= 4 is 5.78 Å². The number of aliphatic hydroxyl groups excluding tert-OH is 1. The third kappa shape index (κ3) is 2.13. The number of ketones is 1. The number of carbonyl (C=O) groups excluding carboxylic acids is 1. The second-order valence-electron chi connectivity index (χ2n) is 9.44. The maximum atomic E-state index is 11.9. The van der Waals surface area contributed by atoms with Gasteiger partial charge in [-0.15, -0.1) is 0 Å². The van der Waals surface area contributed by atoms with Gasteiger partial charge in [-0.3, -0.25) is 4.79 Å². The average Bonchev–Trinajstić information content (AvgIpc) is 2.85. The Hall–Kier alpha value is -0.630. The van der Waals surface area contributed by atoms with Crippen LogP contribution in [0.5, 0.6) is 0 Å². The zero-order valence-corrected chi connectivity index (χ0v) is 15.0. The molecular formula is C21H32O2. The fourth-order valence-electron chi connectivity index (χ4n) is 7.39. The lowest BCUT2D eigenvalue weighted by molar-refractivity contribution is -0.117. The van der Waals surface area contributed by atoms with E-state index in [0.717, 1.165) is 37.0 Å². The highest BCUT2D eigenvalue weighted by Gasteiger charge is 2.59. The molecule has 0 spiro atoms. The third-order valence-electron chi connectivity index (χ3n) is 8.62. The van der Waals surface area contributed by atoms with Crippen LogP contribution in [0.2, 0.25) is 0 Å². The van der Waals surface area contributed by atoms with Crippen LogP contribution < -0.4 is 0 Å². The number of fused-ring (bicyclic) bond motifs is 5. The molecule has 4 rings (SSSR count). The van der Waals surface area contributed by atoms with E-state index in [2.05, 4.69) is 13.8 Å². The third-order valence-corrected chi connectivity index (χ3v) is 8.62. The minimum Gasteiger partial charge on any atom is -0.393 e. The second-order valence-corrected chi connectivity index (χ2v) is 9.44. The van der Waals surface area contributed by atoms with Gasteiger partial charge in [-0.2, -0.15) is 0 Å². The van der Waals surface area contributed by atoms with Crippen LogP contribution in [-0.2, 0) is 4.79 Å². The van der Waals surface area contributed by atoms with Crippen molar-refractivity contribution in [2.45, 2.75) is 78.2 Å². The van der Waals surface area contributed by atoms with Gasteiger partial charge in [-0.05, 0) is 92.4 Å². The Morgan fingerprint density at radius 3 is 2.61 bits per heavy atom. The number of hydrogen-bond acceptors (Lipinski definition) is 2. The zero-order chi connectivity index (χ0) is 16.4. The fourth-order valence-corrected chi connectivity index (χ4v) is 7.39. The van der Waals surface area contributed by atoms with E-state index < -0.39 is 0 Å². The van der Waals surface area contributed by atoms with Crippen molar-refractivity contribution in [2.75, 3.05) is 0 Å². The van der Waals surface area contributed by atoms with Crippen LogP contribution in [0.1, 0.15) is 72.1 Å². The van der Waals surface area contributed by atoms with E-state index in [4.69, 9.17) is 0 Å². The van der Waals surface area contributed by atoms with Crippen LogP contribution in [0.3, 0.4) is 0 Å². The van der Waals surface area contributed by atoms with Crippen molar-refractivity contribution in [1.29, 1.82) is 0 Å². The van der Waals surface area contributed by atoms with E-state index in [1.807, 2.05) is 13.0 Å². The number of aliphatic hydroxyl groups is 1. The molecule has 0 heterocycles. The summed E-state index contributed by atoms with van der Waals surface area (Å²) < 4.78 is 0. The van der Waals surface area contributed by atoms with Crippen LogP contribution >= 0.6 is 0 Å². The summed E-state index contributed by atoms with van der Waals surface area (Å²) in [6.45, 7) is 6.92. The number of hydrogen-bond donors (Lipinski definition) is 1. The molecule has 7 atom stereocenters. The Labute approximate surface area is 140 Å². The second kappa shape index (κ2) is 5.18. The molecule has 4 aliphatic carbocycles. The summed E-state index contributed by atoms with van der Waals surface area (Å²) in [4.78, 5) is 11.9. The Kier molecular flexibility index (Phi) is 3.58. The molecule has 2 nitrogen and oxygen atoms in total. The molecule has 0 aromatic rings. The predicted molar refractivity (Wildman–Crippen MR) is 91.9 cm³/mol. The normalized spacial score (nSPS) is 50.6. The number of carbonyl (C=O) groups is 1. The van der Waals surface area contributed by atoms with Crippen molar-refractivity contribution in [1.82, 2.24) is 0 Å². The van der Waals surface area contributed by atoms with Crippen molar-refractivity contribution in [2.24, 2.45) is 34.5 Å². The van der Waals surface area contributed by atoms with Gasteiger partial charge in [0.15, 0.2) is 5.78 Å². The van der Waals surface area contributed by atoms with Gasteiger partial charge in [0.25, 0.3) is 0 Å². The molecule has 3 fully saturated rings. The van der Waals surface area contributed by atoms with Gasteiger partial charge in [-0.25, -0.2) is 0 Å². The Bertz CT molecular complexity index is 548. The molecule has 0 aromatic carbocycles. The molecule has 0 aliphatic heterocycles. The van der Waals surface area contributed by atoms with Crippen LogP contribution in [0.4, 0.5) is 0 Å². The highest BCUT2D eigenvalue weighted by atomic mass is 16.3. The van der Waals surface area contributed by atoms with E-state index in [0.29, 0.717) is 17.1 Å². The monoisotopic (exact) mass is 316 g/mol. The maximum Gasteiger partial charge on any atom is 0.155 e. The average molecular weight is 316 g/mol. The largest absolute Gasteiger partial charge is 0.393 e. The highest BCUT2D eigenvalue weighted by Crippen LogP contribution is 2.66. The minimum absolute atomic E-state index is 0.163. The van der Waals surface area contributed by atoms with E-state index in [1.54, 1.807) is 0 Å². The molecule has 0 amide bonds. The minimum atomic E-state index is -0.163. The maximum absolute atomic E-state index is 11.9. The molecule has 0 aromatic heterocycles. The van der Waals surface area contributed by atoms with Crippen molar-refractivity contribution in [3.63, 3.8) is 0 Å². The quantitative estimate of drug-likeness (QED) is 0.772. The van der Waals surface area contributed by atoms with Crippen molar-refractivity contribution < 1.29 is 9.90 Å². The van der Waals surface area contributed by atoms with Crippen LogP contribution in [0, 0.1) is 34.5 Å². The lowest BCUT2D eigenvalue weighted by atomic mass is 9.46. The Balaban J connectivity index is 1.66. The first kappa shape index (κ1) is 15.9. The van der Waals surface area contributed by atoms with E-state index in [-0.39, 0.29) is 11.5 Å². The molecule has 23 heavy (non-hydrogen) atoms. The molecule has 1 N–H and O–H groups in total. The SMILES string of the molecule is C[C@@H](O)[C@H]1CC[C@H]2[C@@H]3CCC4=CC(=O)CC[C@@]4(C)[C@@H]3CC[C@]12C. The van der Waals surface area contributed by atoms with Gasteiger partial charge in [0.05, 0.1) is 6.10 Å². The van der Waals surface area contributed by atoms with E-state index >= 15 is 0 Å². The van der Waals surface area contributed by atoms with Crippen LogP contribution in [-0.4, -0.2) is 17.0 Å². The van der Waals surface area contributed by atoms with Gasteiger partial charge >= 0.3 is 0 Å². The molecule has 3 saturated carbocycles. The van der Waals surface area contributed by atoms with Crippen molar-refractivity contribution in [3.05, 3.63) is 11.6 Å². The van der Waals surface area contributed by atoms with Crippen molar-refractivity contribution in [3.8, 4) is 0 Å². The molecule has 128 valence electrons. The smallest absolute Gasteiger partial charge is 0.155 e. The first-order chi connectivity index (χ1) is 10.9. The van der Waals surface area contributed by atoms with E-state index in [9.17, 15) is 9.90 Å². The number of allylic oxidation sites excluding steroid dienone is 1. The highest BCUT2D eigenvalue weighted by molar-refractivity contribution is 5.91. The first-order valence-corrected chi connectivity index (χ1v) is 9.78. The van der Waals surface area contributed by atoms with Crippen LogP contribution in [0.25, 0.3) is 0 Å². The van der Waals surface area contributed by atoms with Gasteiger partial charge in [0.1, 0.15) is 0 Å². The molecule has 4 aliphatic rings. The van der Waals surface area contributed by atoms with E-state index in [1.165, 1.54) is 37.7 Å². The zero-order valence-electron chi connectivity index (χ0n) is 15.0. The molecular weight excluding hydrogens is 284 g/mol. The predicted octanol–water partition coefficient (Wildman–Crippen LogP) is 4.52. The Morgan fingerprint density at radius 1 is 1.09 bits per heavy atom. The summed E-state index contributed by atoms with van der Waals surface area (Å²) in [5.41, 5.74) is 2.09.